The molecule has 0 spiro atoms. The largest absolute Gasteiger partial charge is 0.494 e. The highest BCUT2D eigenvalue weighted by atomic mass is 19.1. The minimum atomic E-state index is -0.696. The van der Waals surface area contributed by atoms with E-state index in [1.54, 1.807) is 18.2 Å². The highest BCUT2D eigenvalue weighted by Crippen LogP contribution is 2.33. The third kappa shape index (κ3) is 3.07. The second kappa shape index (κ2) is 6.35. The van der Waals surface area contributed by atoms with Gasteiger partial charge in [-0.3, -0.25) is 0 Å². The number of halogens is 1. The van der Waals surface area contributed by atoms with Crippen LogP contribution in [0.5, 0.6) is 5.75 Å². The van der Waals surface area contributed by atoms with Gasteiger partial charge in [0, 0.05) is 5.56 Å². The van der Waals surface area contributed by atoms with Crippen LogP contribution in [0.3, 0.4) is 0 Å². The number of nitrogens with two attached hydrogens (primary N) is 1. The fraction of sp³-hybridized carbons (Fsp3) is 0.600. The van der Waals surface area contributed by atoms with E-state index in [0.29, 0.717) is 5.56 Å². The van der Waals surface area contributed by atoms with Gasteiger partial charge in [0.05, 0.1) is 19.3 Å². The Labute approximate surface area is 113 Å². The number of rotatable bonds is 4. The molecule has 0 saturated heterocycles. The molecule has 3 nitrogen and oxygen atoms in total. The van der Waals surface area contributed by atoms with Crippen LogP contribution in [0.4, 0.5) is 4.39 Å². The molecule has 4 heteroatoms. The second-order valence-electron chi connectivity index (χ2n) is 5.28. The van der Waals surface area contributed by atoms with Gasteiger partial charge < -0.3 is 15.6 Å². The van der Waals surface area contributed by atoms with Crippen LogP contribution in [0.1, 0.15) is 43.7 Å². The zero-order chi connectivity index (χ0) is 13.8. The van der Waals surface area contributed by atoms with E-state index in [9.17, 15) is 9.50 Å². The molecule has 1 fully saturated rings. The van der Waals surface area contributed by atoms with Crippen LogP contribution in [-0.2, 0) is 0 Å². The first-order valence-corrected chi connectivity index (χ1v) is 6.91. The Kier molecular flexibility index (Phi) is 4.77. The zero-order valence-electron chi connectivity index (χ0n) is 11.3. The van der Waals surface area contributed by atoms with Crippen LogP contribution < -0.4 is 10.5 Å². The normalized spacial score (nSPS) is 20.0. The molecule has 1 aliphatic rings. The molecule has 1 saturated carbocycles. The van der Waals surface area contributed by atoms with Gasteiger partial charge in [0.15, 0.2) is 11.6 Å². The van der Waals surface area contributed by atoms with Crippen molar-refractivity contribution in [2.45, 2.75) is 44.2 Å². The standard InChI is InChI=1S/C15H22FNO2/c1-19-12-9-5-8-11(13(12)16)14(17)15(18)10-6-3-2-4-7-10/h5,8-10,14-15,18H,2-4,6-7,17H2,1H3/t14-,15+/m0/s1. The number of ether oxygens (including phenoxy) is 1. The fourth-order valence-electron chi connectivity index (χ4n) is 2.90. The third-order valence-corrected chi connectivity index (χ3v) is 4.07. The summed E-state index contributed by atoms with van der Waals surface area (Å²) in [6, 6.07) is 4.18. The summed E-state index contributed by atoms with van der Waals surface area (Å²) in [5.74, 6) is -0.120. The molecule has 106 valence electrons. The lowest BCUT2D eigenvalue weighted by atomic mass is 9.81. The molecule has 2 rings (SSSR count). The van der Waals surface area contributed by atoms with Crippen molar-refractivity contribution in [3.63, 3.8) is 0 Å². The molecule has 0 bridgehead atoms. The average Bonchev–Trinajstić information content (AvgIpc) is 2.47. The number of hydrogen-bond donors (Lipinski definition) is 2. The maximum atomic E-state index is 14.1. The van der Waals surface area contributed by atoms with Gasteiger partial charge in [-0.15, -0.1) is 0 Å². The molecule has 19 heavy (non-hydrogen) atoms. The summed E-state index contributed by atoms with van der Waals surface area (Å²) in [6.45, 7) is 0. The van der Waals surface area contributed by atoms with Gasteiger partial charge in [-0.1, -0.05) is 31.4 Å². The van der Waals surface area contributed by atoms with Crippen LogP contribution in [-0.4, -0.2) is 18.3 Å². The summed E-state index contributed by atoms with van der Waals surface area (Å²) >= 11 is 0. The highest BCUT2D eigenvalue weighted by Gasteiger charge is 2.29. The molecule has 0 heterocycles. The van der Waals surface area contributed by atoms with E-state index in [4.69, 9.17) is 10.5 Å². The first-order chi connectivity index (χ1) is 9.15. The summed E-state index contributed by atoms with van der Waals surface area (Å²) in [6.07, 6.45) is 4.71. The van der Waals surface area contributed by atoms with Crippen molar-refractivity contribution in [3.8, 4) is 5.75 Å². The van der Waals surface area contributed by atoms with E-state index in [1.807, 2.05) is 0 Å². The Morgan fingerprint density at radius 3 is 2.63 bits per heavy atom. The first-order valence-electron chi connectivity index (χ1n) is 6.91. The van der Waals surface area contributed by atoms with Crippen molar-refractivity contribution in [2.75, 3.05) is 7.11 Å². The van der Waals surface area contributed by atoms with Gasteiger partial charge >= 0.3 is 0 Å². The molecule has 0 amide bonds. The molecule has 1 aliphatic carbocycles. The molecular weight excluding hydrogens is 245 g/mol. The Morgan fingerprint density at radius 2 is 2.00 bits per heavy atom. The summed E-state index contributed by atoms with van der Waals surface area (Å²) in [5, 5.41) is 10.4. The average molecular weight is 267 g/mol. The lowest BCUT2D eigenvalue weighted by Gasteiger charge is -2.30. The predicted molar refractivity (Wildman–Crippen MR) is 72.5 cm³/mol. The van der Waals surface area contributed by atoms with Crippen LogP contribution in [0.15, 0.2) is 18.2 Å². The Hall–Kier alpha value is -1.13. The molecule has 0 aliphatic heterocycles. The van der Waals surface area contributed by atoms with Crippen LogP contribution >= 0.6 is 0 Å². The van der Waals surface area contributed by atoms with E-state index in [1.165, 1.54) is 13.5 Å². The van der Waals surface area contributed by atoms with Crippen LogP contribution in [0, 0.1) is 11.7 Å². The first kappa shape index (κ1) is 14.3. The van der Waals surface area contributed by atoms with Crippen molar-refractivity contribution in [2.24, 2.45) is 11.7 Å². The SMILES string of the molecule is COc1cccc([C@H](N)[C@H](O)C2CCCCC2)c1F. The van der Waals surface area contributed by atoms with Crippen molar-refractivity contribution < 1.29 is 14.2 Å². The lowest BCUT2D eigenvalue weighted by molar-refractivity contribution is 0.0606. The quantitative estimate of drug-likeness (QED) is 0.882. The second-order valence-corrected chi connectivity index (χ2v) is 5.28. The molecule has 1 aromatic rings. The highest BCUT2D eigenvalue weighted by molar-refractivity contribution is 5.33. The third-order valence-electron chi connectivity index (χ3n) is 4.07. The van der Waals surface area contributed by atoms with Gasteiger partial charge in [0.2, 0.25) is 0 Å². The maximum Gasteiger partial charge on any atom is 0.169 e. The van der Waals surface area contributed by atoms with Crippen LogP contribution in [0.25, 0.3) is 0 Å². The smallest absolute Gasteiger partial charge is 0.169 e. The monoisotopic (exact) mass is 267 g/mol. The van der Waals surface area contributed by atoms with Gasteiger partial charge in [0.25, 0.3) is 0 Å². The van der Waals surface area contributed by atoms with Gasteiger partial charge in [-0.05, 0) is 24.8 Å². The number of benzene rings is 1. The van der Waals surface area contributed by atoms with Gasteiger partial charge in [-0.25, -0.2) is 4.39 Å². The number of aliphatic hydroxyl groups is 1. The topological polar surface area (TPSA) is 55.5 Å². The lowest BCUT2D eigenvalue weighted by Crippen LogP contribution is -2.34. The fourth-order valence-corrected chi connectivity index (χ4v) is 2.90. The molecule has 0 aromatic heterocycles. The van der Waals surface area contributed by atoms with Crippen molar-refractivity contribution >= 4 is 0 Å². The molecule has 0 radical (unpaired) electrons. The Balaban J connectivity index is 2.16. The summed E-state index contributed by atoms with van der Waals surface area (Å²) in [5.41, 5.74) is 6.38. The van der Waals surface area contributed by atoms with Gasteiger partial charge in [-0.2, -0.15) is 0 Å². The Bertz CT molecular complexity index is 419. The molecule has 2 atom stereocenters. The van der Waals surface area contributed by atoms with E-state index in [0.717, 1.165) is 25.7 Å². The van der Waals surface area contributed by atoms with E-state index in [2.05, 4.69) is 0 Å². The molecule has 1 aromatic carbocycles. The number of aliphatic hydroxyl groups excluding tert-OH is 1. The Morgan fingerprint density at radius 1 is 1.32 bits per heavy atom. The van der Waals surface area contributed by atoms with Gasteiger partial charge in [0.1, 0.15) is 0 Å². The van der Waals surface area contributed by atoms with Crippen molar-refractivity contribution in [3.05, 3.63) is 29.6 Å². The summed E-state index contributed by atoms with van der Waals surface area (Å²) in [7, 11) is 1.42. The predicted octanol–water partition coefficient (Wildman–Crippen LogP) is 2.78. The van der Waals surface area contributed by atoms with E-state index in [-0.39, 0.29) is 11.7 Å². The van der Waals surface area contributed by atoms with E-state index >= 15 is 0 Å². The molecular formula is C15H22FNO2. The van der Waals surface area contributed by atoms with E-state index < -0.39 is 18.0 Å². The van der Waals surface area contributed by atoms with Crippen molar-refractivity contribution in [1.82, 2.24) is 0 Å². The number of methoxy groups -OCH3 is 1. The minimum absolute atomic E-state index is 0.170. The number of hydrogen-bond acceptors (Lipinski definition) is 3. The molecule has 3 N–H and O–H groups in total. The summed E-state index contributed by atoms with van der Waals surface area (Å²) < 4.78 is 19.1. The zero-order valence-corrected chi connectivity index (χ0v) is 11.3. The van der Waals surface area contributed by atoms with Crippen molar-refractivity contribution in [1.29, 1.82) is 0 Å². The minimum Gasteiger partial charge on any atom is -0.494 e. The molecule has 0 unspecified atom stereocenters. The van der Waals surface area contributed by atoms with Crippen LogP contribution in [0.2, 0.25) is 0 Å². The maximum absolute atomic E-state index is 14.1. The summed E-state index contributed by atoms with van der Waals surface area (Å²) in [4.78, 5) is 0.